The zero-order valence-corrected chi connectivity index (χ0v) is 13.9. The number of carbonyl (C=O) groups excluding carboxylic acids is 3. The van der Waals surface area contributed by atoms with Gasteiger partial charge < -0.3 is 14.8 Å². The van der Waals surface area contributed by atoms with Gasteiger partial charge in [-0.3, -0.25) is 14.6 Å². The minimum atomic E-state index is -0.633. The van der Waals surface area contributed by atoms with Crippen LogP contribution in [0.25, 0.3) is 0 Å². The largest absolute Gasteiger partial charge is 0.444 e. The number of carbonyl (C=O) groups is 3. The lowest BCUT2D eigenvalue weighted by molar-refractivity contribution is -0.121. The molecule has 1 aromatic rings. The highest BCUT2D eigenvalue weighted by molar-refractivity contribution is 5.93. The molecule has 9 heteroatoms. The normalized spacial score (nSPS) is 19.4. The van der Waals surface area contributed by atoms with Gasteiger partial charge in [-0.05, 0) is 12.1 Å². The van der Waals surface area contributed by atoms with E-state index < -0.39 is 24.1 Å². The third-order valence-corrected chi connectivity index (χ3v) is 4.12. The Morgan fingerprint density at radius 3 is 2.84 bits per heavy atom. The fourth-order valence-corrected chi connectivity index (χ4v) is 2.80. The summed E-state index contributed by atoms with van der Waals surface area (Å²) in [6.07, 6.45) is -1.42. The van der Waals surface area contributed by atoms with Crippen molar-refractivity contribution < 1.29 is 28.2 Å². The molecule has 2 aliphatic rings. The Kier molecular flexibility index (Phi) is 4.47. The quantitative estimate of drug-likeness (QED) is 0.893. The molecular formula is C16H18FN3O5. The van der Waals surface area contributed by atoms with Crippen LogP contribution in [0.2, 0.25) is 0 Å². The fourth-order valence-electron chi connectivity index (χ4n) is 2.80. The van der Waals surface area contributed by atoms with Crippen LogP contribution < -0.4 is 15.1 Å². The Bertz CT molecular complexity index is 739. The first kappa shape index (κ1) is 17.0. The van der Waals surface area contributed by atoms with E-state index in [9.17, 15) is 18.8 Å². The lowest BCUT2D eigenvalue weighted by atomic mass is 10.1. The number of rotatable bonds is 4. The molecule has 134 valence electrons. The molecule has 25 heavy (non-hydrogen) atoms. The van der Waals surface area contributed by atoms with E-state index in [1.54, 1.807) is 13.0 Å². The Morgan fingerprint density at radius 2 is 2.12 bits per heavy atom. The number of nitrogens with one attached hydrogen (secondary N) is 1. The Morgan fingerprint density at radius 1 is 1.36 bits per heavy atom. The summed E-state index contributed by atoms with van der Waals surface area (Å²) in [4.78, 5) is 37.3. The molecule has 0 aromatic heterocycles. The molecule has 8 nitrogen and oxygen atoms in total. The van der Waals surface area contributed by atoms with Crippen molar-refractivity contribution in [2.75, 3.05) is 29.9 Å². The number of benzene rings is 1. The SMILES string of the molecule is CCC(=O)NC[C@H]1CN(c2cc(F)c3c(c2)COC(=O)N3C)C(=O)O1. The van der Waals surface area contributed by atoms with Gasteiger partial charge in [0.2, 0.25) is 5.91 Å². The molecule has 1 fully saturated rings. The van der Waals surface area contributed by atoms with Crippen LogP contribution in [0.1, 0.15) is 18.9 Å². The van der Waals surface area contributed by atoms with E-state index in [2.05, 4.69) is 5.32 Å². The molecule has 0 saturated carbocycles. The van der Waals surface area contributed by atoms with Crippen LogP contribution in [0.3, 0.4) is 0 Å². The molecule has 2 aliphatic heterocycles. The number of fused-ring (bicyclic) bond motifs is 1. The Balaban J connectivity index is 1.78. The van der Waals surface area contributed by atoms with Crippen LogP contribution in [0.5, 0.6) is 0 Å². The standard InChI is InChI=1S/C16H18FN3O5/c1-3-13(21)18-6-11-7-20(16(23)25-11)10-4-9-8-24-15(22)19(2)14(9)12(17)5-10/h4-5,11H,3,6-8H2,1-2H3,(H,18,21)/t11-/m0/s1. The van der Waals surface area contributed by atoms with Crippen LogP contribution in [-0.4, -0.2) is 44.3 Å². The van der Waals surface area contributed by atoms with E-state index in [0.717, 1.165) is 4.90 Å². The summed E-state index contributed by atoms with van der Waals surface area (Å²) in [6.45, 7) is 2.05. The number of hydrogen-bond donors (Lipinski definition) is 1. The fraction of sp³-hybridized carbons (Fsp3) is 0.438. The smallest absolute Gasteiger partial charge is 0.414 e. The van der Waals surface area contributed by atoms with Crippen LogP contribution in [0.15, 0.2) is 12.1 Å². The number of anilines is 2. The summed E-state index contributed by atoms with van der Waals surface area (Å²) in [7, 11) is 1.42. The molecule has 0 radical (unpaired) electrons. The van der Waals surface area contributed by atoms with Crippen molar-refractivity contribution >= 4 is 29.5 Å². The number of halogens is 1. The van der Waals surface area contributed by atoms with Gasteiger partial charge in [0.1, 0.15) is 18.5 Å². The summed E-state index contributed by atoms with van der Waals surface area (Å²) in [5, 5.41) is 2.66. The average Bonchev–Trinajstić information content (AvgIpc) is 2.96. The maximum atomic E-state index is 14.4. The summed E-state index contributed by atoms with van der Waals surface area (Å²) in [6, 6.07) is 2.78. The molecule has 1 saturated heterocycles. The number of nitrogens with zero attached hydrogens (tertiary/aromatic N) is 2. The van der Waals surface area contributed by atoms with Gasteiger partial charge in [0.05, 0.1) is 24.5 Å². The first-order valence-electron chi connectivity index (χ1n) is 7.88. The van der Waals surface area contributed by atoms with Crippen LogP contribution >= 0.6 is 0 Å². The van der Waals surface area contributed by atoms with Gasteiger partial charge in [0, 0.05) is 19.0 Å². The number of hydrogen-bond acceptors (Lipinski definition) is 5. The monoisotopic (exact) mass is 351 g/mol. The summed E-state index contributed by atoms with van der Waals surface area (Å²) in [5.41, 5.74) is 0.920. The van der Waals surface area contributed by atoms with Crippen molar-refractivity contribution in [3.05, 3.63) is 23.5 Å². The van der Waals surface area contributed by atoms with E-state index >= 15 is 0 Å². The van der Waals surface area contributed by atoms with Gasteiger partial charge in [0.25, 0.3) is 0 Å². The first-order chi connectivity index (χ1) is 11.9. The van der Waals surface area contributed by atoms with Gasteiger partial charge in [-0.1, -0.05) is 6.92 Å². The Labute approximate surface area is 143 Å². The molecule has 1 aromatic carbocycles. The molecule has 0 bridgehead atoms. The second kappa shape index (κ2) is 6.58. The van der Waals surface area contributed by atoms with Crippen molar-refractivity contribution in [3.63, 3.8) is 0 Å². The third kappa shape index (κ3) is 3.21. The summed E-state index contributed by atoms with van der Waals surface area (Å²) in [5.74, 6) is -0.763. The van der Waals surface area contributed by atoms with Gasteiger partial charge in [0.15, 0.2) is 0 Å². The zero-order valence-electron chi connectivity index (χ0n) is 13.9. The predicted molar refractivity (Wildman–Crippen MR) is 85.9 cm³/mol. The van der Waals surface area contributed by atoms with Gasteiger partial charge in [-0.25, -0.2) is 14.0 Å². The maximum absolute atomic E-state index is 14.4. The maximum Gasteiger partial charge on any atom is 0.414 e. The third-order valence-electron chi connectivity index (χ3n) is 4.12. The summed E-state index contributed by atoms with van der Waals surface area (Å²) >= 11 is 0. The van der Waals surface area contributed by atoms with Crippen molar-refractivity contribution in [3.8, 4) is 0 Å². The minimum Gasteiger partial charge on any atom is -0.444 e. The Hall–Kier alpha value is -2.84. The summed E-state index contributed by atoms with van der Waals surface area (Å²) < 4.78 is 24.6. The highest BCUT2D eigenvalue weighted by Gasteiger charge is 2.34. The molecule has 3 rings (SSSR count). The second-order valence-electron chi connectivity index (χ2n) is 5.82. The minimum absolute atomic E-state index is 0.0673. The number of amides is 3. The van der Waals surface area contributed by atoms with Gasteiger partial charge in [-0.15, -0.1) is 0 Å². The highest BCUT2D eigenvalue weighted by Crippen LogP contribution is 2.34. The zero-order chi connectivity index (χ0) is 18.1. The lowest BCUT2D eigenvalue weighted by Gasteiger charge is -2.27. The molecule has 3 amide bonds. The predicted octanol–water partition coefficient (Wildman–Crippen LogP) is 1.76. The number of ether oxygens (including phenoxy) is 2. The van der Waals surface area contributed by atoms with Gasteiger partial charge >= 0.3 is 12.2 Å². The average molecular weight is 351 g/mol. The number of cyclic esters (lactones) is 2. The van der Waals surface area contributed by atoms with Crippen LogP contribution in [0.4, 0.5) is 25.4 Å². The van der Waals surface area contributed by atoms with Crippen molar-refractivity contribution in [2.45, 2.75) is 26.1 Å². The second-order valence-corrected chi connectivity index (χ2v) is 5.82. The lowest BCUT2D eigenvalue weighted by Crippen LogP contribution is -2.35. The molecule has 1 N–H and O–H groups in total. The molecule has 1 atom stereocenters. The van der Waals surface area contributed by atoms with Gasteiger partial charge in [-0.2, -0.15) is 0 Å². The first-order valence-corrected chi connectivity index (χ1v) is 7.88. The molecule has 0 unspecified atom stereocenters. The van der Waals surface area contributed by atoms with E-state index in [1.165, 1.54) is 18.0 Å². The highest BCUT2D eigenvalue weighted by atomic mass is 19.1. The van der Waals surface area contributed by atoms with E-state index in [0.29, 0.717) is 17.7 Å². The van der Waals surface area contributed by atoms with E-state index in [1.807, 2.05) is 0 Å². The van der Waals surface area contributed by atoms with Crippen LogP contribution in [0, 0.1) is 5.82 Å². The topological polar surface area (TPSA) is 88.2 Å². The molecular weight excluding hydrogens is 333 g/mol. The van der Waals surface area contributed by atoms with Crippen molar-refractivity contribution in [1.82, 2.24) is 5.32 Å². The molecule has 0 aliphatic carbocycles. The van der Waals surface area contributed by atoms with Crippen molar-refractivity contribution in [1.29, 1.82) is 0 Å². The van der Waals surface area contributed by atoms with Crippen molar-refractivity contribution in [2.24, 2.45) is 0 Å². The van der Waals surface area contributed by atoms with E-state index in [-0.39, 0.29) is 31.3 Å². The van der Waals surface area contributed by atoms with E-state index in [4.69, 9.17) is 9.47 Å². The molecule has 0 spiro atoms. The van der Waals surface area contributed by atoms with Crippen LogP contribution in [-0.2, 0) is 20.9 Å². The molecule has 2 heterocycles.